The van der Waals surface area contributed by atoms with E-state index in [1.54, 1.807) is 25.1 Å². The third-order valence-electron chi connectivity index (χ3n) is 3.59. The summed E-state index contributed by atoms with van der Waals surface area (Å²) in [5.41, 5.74) is 0.884. The fourth-order valence-corrected chi connectivity index (χ4v) is 3.00. The molecule has 3 aromatic rings. The average molecular weight is 404 g/mol. The van der Waals surface area contributed by atoms with E-state index >= 15 is 0 Å². The lowest BCUT2D eigenvalue weighted by atomic mass is 10.2. The molecule has 0 aliphatic rings. The van der Waals surface area contributed by atoms with Crippen LogP contribution >= 0.6 is 11.3 Å². The van der Waals surface area contributed by atoms with Crippen molar-refractivity contribution < 1.29 is 22.7 Å². The van der Waals surface area contributed by atoms with Gasteiger partial charge in [0.2, 0.25) is 5.88 Å². The number of carbonyl (C=O) groups excluding carboxylic acids is 1. The zero-order valence-electron chi connectivity index (χ0n) is 14.2. The van der Waals surface area contributed by atoms with Crippen LogP contribution in [0.3, 0.4) is 0 Å². The minimum Gasteiger partial charge on any atom is -0.438 e. The number of nitriles is 1. The van der Waals surface area contributed by atoms with Gasteiger partial charge in [0.1, 0.15) is 22.3 Å². The Labute approximate surface area is 161 Å². The molecule has 0 saturated carbocycles. The number of ether oxygens (including phenoxy) is 1. The second-order valence-corrected chi connectivity index (χ2v) is 6.38. The van der Waals surface area contributed by atoms with E-state index < -0.39 is 22.7 Å². The first kappa shape index (κ1) is 19.3. The van der Waals surface area contributed by atoms with E-state index in [2.05, 4.69) is 15.3 Å². The van der Waals surface area contributed by atoms with E-state index in [-0.39, 0.29) is 11.4 Å². The highest BCUT2D eigenvalue weighted by Gasteiger charge is 2.38. The van der Waals surface area contributed by atoms with Crippen LogP contribution in [0.15, 0.2) is 42.0 Å². The van der Waals surface area contributed by atoms with E-state index in [9.17, 15) is 18.0 Å². The smallest absolute Gasteiger partial charge is 0.434 e. The summed E-state index contributed by atoms with van der Waals surface area (Å²) in [6.45, 7) is 1.66. The van der Waals surface area contributed by atoms with Crippen molar-refractivity contribution in [2.24, 2.45) is 0 Å². The standard InChI is InChI=1S/C18H11F3N4O2S/c1-10-7-12(27-17-11(8-22)3-2-6-23-17)4-5-13(10)25-16(26)14-15(18(19,20)21)24-9-28-14/h2-7,9H,1H3,(H,25,26). The summed E-state index contributed by atoms with van der Waals surface area (Å²) in [6.07, 6.45) is -3.23. The highest BCUT2D eigenvalue weighted by molar-refractivity contribution is 7.12. The van der Waals surface area contributed by atoms with Crippen LogP contribution in [0.4, 0.5) is 18.9 Å². The molecule has 1 aromatic carbocycles. The summed E-state index contributed by atoms with van der Waals surface area (Å²) < 4.78 is 44.3. The lowest BCUT2D eigenvalue weighted by Gasteiger charge is -2.12. The van der Waals surface area contributed by atoms with Crippen molar-refractivity contribution in [3.8, 4) is 17.7 Å². The largest absolute Gasteiger partial charge is 0.438 e. The first-order valence-corrected chi connectivity index (χ1v) is 8.63. The van der Waals surface area contributed by atoms with Crippen molar-refractivity contribution in [1.29, 1.82) is 5.26 Å². The number of halogens is 3. The Kier molecular flexibility index (Phi) is 5.28. The molecule has 0 bridgehead atoms. The quantitative estimate of drug-likeness (QED) is 0.676. The molecule has 0 radical (unpaired) electrons. The lowest BCUT2D eigenvalue weighted by molar-refractivity contribution is -0.141. The number of benzene rings is 1. The predicted molar refractivity (Wildman–Crippen MR) is 95.3 cm³/mol. The molecule has 3 rings (SSSR count). The number of aromatic nitrogens is 2. The van der Waals surface area contributed by atoms with Crippen molar-refractivity contribution in [3.63, 3.8) is 0 Å². The van der Waals surface area contributed by atoms with Gasteiger partial charge >= 0.3 is 6.18 Å². The first-order valence-electron chi connectivity index (χ1n) is 7.75. The van der Waals surface area contributed by atoms with Gasteiger partial charge in [-0.05, 0) is 42.8 Å². The van der Waals surface area contributed by atoms with Crippen LogP contribution in [0.2, 0.25) is 0 Å². The summed E-state index contributed by atoms with van der Waals surface area (Å²) in [5.74, 6) is -0.414. The third-order valence-corrected chi connectivity index (χ3v) is 4.42. The van der Waals surface area contributed by atoms with Gasteiger partial charge in [-0.1, -0.05) is 0 Å². The first-order chi connectivity index (χ1) is 13.3. The number of carbonyl (C=O) groups is 1. The van der Waals surface area contributed by atoms with Gasteiger partial charge in [-0.15, -0.1) is 11.3 Å². The summed E-state index contributed by atoms with van der Waals surface area (Å²) in [7, 11) is 0. The van der Waals surface area contributed by atoms with Crippen molar-refractivity contribution in [2.75, 3.05) is 5.32 Å². The Morgan fingerprint density at radius 2 is 2.07 bits per heavy atom. The van der Waals surface area contributed by atoms with Crippen LogP contribution in [0.1, 0.15) is 26.5 Å². The summed E-state index contributed by atoms with van der Waals surface area (Å²) in [6, 6.07) is 9.69. The average Bonchev–Trinajstić information content (AvgIpc) is 3.15. The van der Waals surface area contributed by atoms with Crippen LogP contribution < -0.4 is 10.1 Å². The number of nitrogens with zero attached hydrogens (tertiary/aromatic N) is 3. The van der Waals surface area contributed by atoms with Gasteiger partial charge in [-0.2, -0.15) is 18.4 Å². The predicted octanol–water partition coefficient (Wildman–Crippen LogP) is 4.78. The van der Waals surface area contributed by atoms with Gasteiger partial charge in [0, 0.05) is 11.9 Å². The van der Waals surface area contributed by atoms with E-state index in [1.165, 1.54) is 18.3 Å². The van der Waals surface area contributed by atoms with Gasteiger partial charge in [-0.25, -0.2) is 9.97 Å². The molecular weight excluding hydrogens is 393 g/mol. The van der Waals surface area contributed by atoms with Crippen molar-refractivity contribution >= 4 is 22.9 Å². The summed E-state index contributed by atoms with van der Waals surface area (Å²) in [5, 5.41) is 11.5. The fraction of sp³-hybridized carbons (Fsp3) is 0.111. The van der Waals surface area contributed by atoms with Crippen molar-refractivity contribution in [2.45, 2.75) is 13.1 Å². The van der Waals surface area contributed by atoms with Crippen LogP contribution in [-0.2, 0) is 6.18 Å². The van der Waals surface area contributed by atoms with Gasteiger partial charge in [0.15, 0.2) is 5.69 Å². The molecule has 6 nitrogen and oxygen atoms in total. The minimum atomic E-state index is -4.71. The Bertz CT molecular complexity index is 1070. The second kappa shape index (κ2) is 7.66. The maximum atomic E-state index is 12.9. The molecule has 0 fully saturated rings. The zero-order chi connectivity index (χ0) is 20.3. The van der Waals surface area contributed by atoms with E-state index in [4.69, 9.17) is 10.00 Å². The molecule has 2 heterocycles. The van der Waals surface area contributed by atoms with Crippen molar-refractivity contribution in [1.82, 2.24) is 9.97 Å². The number of hydrogen-bond acceptors (Lipinski definition) is 6. The molecule has 0 unspecified atom stereocenters. The van der Waals surface area contributed by atoms with Crippen LogP contribution in [0.25, 0.3) is 0 Å². The van der Waals surface area contributed by atoms with Gasteiger partial charge in [0.05, 0.1) is 5.51 Å². The van der Waals surface area contributed by atoms with E-state index in [0.717, 1.165) is 5.51 Å². The molecule has 0 atom stereocenters. The van der Waals surface area contributed by atoms with Crippen LogP contribution in [0.5, 0.6) is 11.6 Å². The van der Waals surface area contributed by atoms with Crippen molar-refractivity contribution in [3.05, 3.63) is 63.7 Å². The number of alkyl halides is 3. The summed E-state index contributed by atoms with van der Waals surface area (Å²) in [4.78, 5) is 18.9. The molecule has 142 valence electrons. The van der Waals surface area contributed by atoms with Gasteiger partial charge in [-0.3, -0.25) is 4.79 Å². The topological polar surface area (TPSA) is 87.9 Å². The molecule has 0 aliphatic heterocycles. The highest BCUT2D eigenvalue weighted by atomic mass is 32.1. The molecule has 1 amide bonds. The van der Waals surface area contributed by atoms with Gasteiger partial charge in [0.25, 0.3) is 5.91 Å². The van der Waals surface area contributed by atoms with E-state index in [0.29, 0.717) is 28.3 Å². The molecule has 0 aliphatic carbocycles. The molecular formula is C18H11F3N4O2S. The Morgan fingerprint density at radius 3 is 2.75 bits per heavy atom. The zero-order valence-corrected chi connectivity index (χ0v) is 15.1. The second-order valence-electron chi connectivity index (χ2n) is 5.53. The number of anilines is 1. The molecule has 28 heavy (non-hydrogen) atoms. The number of rotatable bonds is 4. The highest BCUT2D eigenvalue weighted by Crippen LogP contribution is 2.33. The molecule has 1 N–H and O–H groups in total. The minimum absolute atomic E-state index is 0.126. The molecule has 2 aromatic heterocycles. The number of aryl methyl sites for hydroxylation is 1. The monoisotopic (exact) mass is 404 g/mol. The van der Waals surface area contributed by atoms with Gasteiger partial charge < -0.3 is 10.1 Å². The van der Waals surface area contributed by atoms with E-state index in [1.807, 2.05) is 6.07 Å². The number of nitrogens with one attached hydrogen (secondary N) is 1. The molecule has 10 heteroatoms. The number of hydrogen-bond donors (Lipinski definition) is 1. The SMILES string of the molecule is Cc1cc(Oc2ncccc2C#N)ccc1NC(=O)c1scnc1C(F)(F)F. The maximum Gasteiger partial charge on any atom is 0.434 e. The number of pyridine rings is 1. The number of amides is 1. The maximum absolute atomic E-state index is 12.9. The third kappa shape index (κ3) is 4.10. The normalized spacial score (nSPS) is 11.0. The summed E-state index contributed by atoms with van der Waals surface area (Å²) >= 11 is 0.612. The Hall–Kier alpha value is -3.45. The lowest BCUT2D eigenvalue weighted by Crippen LogP contribution is -2.17. The fourth-order valence-electron chi connectivity index (χ4n) is 2.30. The van der Waals surface area contributed by atoms with Crippen LogP contribution in [-0.4, -0.2) is 15.9 Å². The van der Waals surface area contributed by atoms with Crippen LogP contribution in [0, 0.1) is 18.3 Å². The molecule has 0 saturated heterocycles. The Morgan fingerprint density at radius 1 is 1.29 bits per heavy atom. The molecule has 0 spiro atoms. The number of thiazole rings is 1. The Balaban J connectivity index is 1.79.